The van der Waals surface area contributed by atoms with Crippen LogP contribution in [0.25, 0.3) is 11.3 Å². The van der Waals surface area contributed by atoms with Crippen molar-refractivity contribution in [3.8, 4) is 17.0 Å². The summed E-state index contributed by atoms with van der Waals surface area (Å²) in [4.78, 5) is 19.1. The van der Waals surface area contributed by atoms with Gasteiger partial charge in [-0.1, -0.05) is 0 Å². The molecule has 5 heteroatoms. The van der Waals surface area contributed by atoms with Crippen molar-refractivity contribution in [1.82, 2.24) is 9.97 Å². The maximum Gasteiger partial charge on any atom is 0.309 e. The number of rotatable bonds is 5. The number of hydrogen-bond donors (Lipinski definition) is 1. The molecule has 1 aromatic carbocycles. The van der Waals surface area contributed by atoms with E-state index in [1.165, 1.54) is 6.20 Å². The molecule has 0 saturated carbocycles. The van der Waals surface area contributed by atoms with Crippen LogP contribution in [0.4, 0.5) is 0 Å². The molecule has 0 aliphatic carbocycles. The van der Waals surface area contributed by atoms with E-state index in [1.54, 1.807) is 6.20 Å². The van der Waals surface area contributed by atoms with Gasteiger partial charge in [0.25, 0.3) is 0 Å². The van der Waals surface area contributed by atoms with Gasteiger partial charge in [-0.15, -0.1) is 0 Å². The second kappa shape index (κ2) is 5.95. The molecule has 19 heavy (non-hydrogen) atoms. The zero-order valence-corrected chi connectivity index (χ0v) is 10.5. The molecular formula is C14H14N2O3. The molecule has 1 aromatic heterocycles. The highest BCUT2D eigenvalue weighted by Gasteiger charge is 2.11. The van der Waals surface area contributed by atoms with Crippen LogP contribution < -0.4 is 4.74 Å². The van der Waals surface area contributed by atoms with E-state index in [4.69, 9.17) is 9.84 Å². The van der Waals surface area contributed by atoms with Crippen molar-refractivity contribution in [1.29, 1.82) is 0 Å². The summed E-state index contributed by atoms with van der Waals surface area (Å²) in [5, 5.41) is 8.86. The third-order valence-corrected chi connectivity index (χ3v) is 2.53. The fourth-order valence-electron chi connectivity index (χ4n) is 1.76. The lowest BCUT2D eigenvalue weighted by Gasteiger charge is -2.07. The summed E-state index contributed by atoms with van der Waals surface area (Å²) in [5.41, 5.74) is 1.87. The minimum Gasteiger partial charge on any atom is -0.494 e. The summed E-state index contributed by atoms with van der Waals surface area (Å²) in [7, 11) is 0. The van der Waals surface area contributed by atoms with Crippen LogP contribution in [0.1, 0.15) is 12.6 Å². The topological polar surface area (TPSA) is 72.3 Å². The molecule has 1 N–H and O–H groups in total. The Morgan fingerprint density at radius 1 is 1.21 bits per heavy atom. The van der Waals surface area contributed by atoms with Gasteiger partial charge in [-0.2, -0.15) is 0 Å². The summed E-state index contributed by atoms with van der Waals surface area (Å²) in [6.07, 6.45) is 2.91. The first-order chi connectivity index (χ1) is 9.20. The number of hydrogen-bond acceptors (Lipinski definition) is 4. The highest BCUT2D eigenvalue weighted by atomic mass is 16.5. The monoisotopic (exact) mass is 258 g/mol. The number of nitrogens with zero attached hydrogens (tertiary/aromatic N) is 2. The number of carbonyl (C=O) groups is 1. The molecule has 0 saturated heterocycles. The van der Waals surface area contributed by atoms with Crippen molar-refractivity contribution in [3.63, 3.8) is 0 Å². The van der Waals surface area contributed by atoms with Crippen molar-refractivity contribution >= 4 is 5.97 Å². The second-order valence-electron chi connectivity index (χ2n) is 3.88. The van der Waals surface area contributed by atoms with Crippen LogP contribution in [0.3, 0.4) is 0 Å². The van der Waals surface area contributed by atoms with Crippen LogP contribution in [-0.2, 0) is 11.2 Å². The van der Waals surface area contributed by atoms with E-state index in [-0.39, 0.29) is 6.42 Å². The predicted molar refractivity (Wildman–Crippen MR) is 70.0 cm³/mol. The first-order valence-electron chi connectivity index (χ1n) is 5.95. The number of benzene rings is 1. The Morgan fingerprint density at radius 2 is 1.89 bits per heavy atom. The number of ether oxygens (including phenoxy) is 1. The first kappa shape index (κ1) is 13.0. The Morgan fingerprint density at radius 3 is 2.53 bits per heavy atom. The minimum atomic E-state index is -0.923. The van der Waals surface area contributed by atoms with Crippen LogP contribution >= 0.6 is 0 Å². The largest absolute Gasteiger partial charge is 0.494 e. The van der Waals surface area contributed by atoms with Crippen LogP contribution in [0.15, 0.2) is 36.7 Å². The van der Waals surface area contributed by atoms with E-state index in [0.717, 1.165) is 11.3 Å². The Balaban J connectivity index is 2.32. The molecule has 2 rings (SSSR count). The molecule has 0 atom stereocenters. The molecule has 1 heterocycles. The van der Waals surface area contributed by atoms with E-state index < -0.39 is 5.97 Å². The number of aliphatic carboxylic acids is 1. The quantitative estimate of drug-likeness (QED) is 0.889. The van der Waals surface area contributed by atoms with Gasteiger partial charge in [0.2, 0.25) is 0 Å². The average molecular weight is 258 g/mol. The van der Waals surface area contributed by atoms with Crippen molar-refractivity contribution in [3.05, 3.63) is 42.4 Å². The first-order valence-corrected chi connectivity index (χ1v) is 5.95. The molecule has 98 valence electrons. The smallest absolute Gasteiger partial charge is 0.309 e. The zero-order chi connectivity index (χ0) is 13.7. The van der Waals surface area contributed by atoms with Gasteiger partial charge < -0.3 is 9.84 Å². The van der Waals surface area contributed by atoms with E-state index in [1.807, 2.05) is 31.2 Å². The van der Waals surface area contributed by atoms with E-state index >= 15 is 0 Å². The van der Waals surface area contributed by atoms with Gasteiger partial charge in [-0.25, -0.2) is 0 Å². The van der Waals surface area contributed by atoms with Crippen LogP contribution in [-0.4, -0.2) is 27.7 Å². The molecule has 0 aliphatic rings. The molecule has 0 bridgehead atoms. The normalized spacial score (nSPS) is 10.2. The lowest BCUT2D eigenvalue weighted by atomic mass is 10.1. The van der Waals surface area contributed by atoms with E-state index in [9.17, 15) is 4.79 Å². The molecule has 0 fully saturated rings. The summed E-state index contributed by atoms with van der Waals surface area (Å²) >= 11 is 0. The third-order valence-electron chi connectivity index (χ3n) is 2.53. The van der Waals surface area contributed by atoms with Gasteiger partial charge in [0.05, 0.1) is 24.4 Å². The Labute approximate surface area is 110 Å². The van der Waals surface area contributed by atoms with Gasteiger partial charge in [0.15, 0.2) is 0 Å². The van der Waals surface area contributed by atoms with Gasteiger partial charge >= 0.3 is 5.97 Å². The van der Waals surface area contributed by atoms with Gasteiger partial charge in [0, 0.05) is 18.0 Å². The number of carboxylic acid groups (broad SMARTS) is 1. The molecule has 0 aliphatic heterocycles. The zero-order valence-electron chi connectivity index (χ0n) is 10.5. The summed E-state index contributed by atoms with van der Waals surface area (Å²) in [5.74, 6) is -0.150. The second-order valence-corrected chi connectivity index (χ2v) is 3.88. The number of aromatic nitrogens is 2. The van der Waals surface area contributed by atoms with Crippen molar-refractivity contribution in [2.45, 2.75) is 13.3 Å². The minimum absolute atomic E-state index is 0.142. The molecule has 0 spiro atoms. The standard InChI is InChI=1S/C14H14N2O3/c1-2-19-11-5-3-10(4-6-11)14-12(9-13(17)18)15-7-8-16-14/h3-8H,2,9H2,1H3,(H,17,18). The van der Waals surface area contributed by atoms with Gasteiger partial charge in [-0.3, -0.25) is 14.8 Å². The van der Waals surface area contributed by atoms with Crippen molar-refractivity contribution in [2.75, 3.05) is 6.61 Å². The maximum atomic E-state index is 10.8. The Hall–Kier alpha value is -2.43. The SMILES string of the molecule is CCOc1ccc(-c2nccnc2CC(=O)O)cc1. The molecule has 5 nitrogen and oxygen atoms in total. The van der Waals surface area contributed by atoms with Crippen molar-refractivity contribution in [2.24, 2.45) is 0 Å². The Bertz CT molecular complexity index is 567. The summed E-state index contributed by atoms with van der Waals surface area (Å²) < 4.78 is 5.36. The van der Waals surface area contributed by atoms with E-state index in [2.05, 4.69) is 9.97 Å². The fraction of sp³-hybridized carbons (Fsp3) is 0.214. The van der Waals surface area contributed by atoms with E-state index in [0.29, 0.717) is 18.0 Å². The van der Waals surface area contributed by atoms with Gasteiger partial charge in [-0.05, 0) is 31.2 Å². The van der Waals surface area contributed by atoms with Crippen LogP contribution in [0.2, 0.25) is 0 Å². The lowest BCUT2D eigenvalue weighted by Crippen LogP contribution is -2.05. The fourth-order valence-corrected chi connectivity index (χ4v) is 1.76. The predicted octanol–water partition coefficient (Wildman–Crippen LogP) is 2.17. The highest BCUT2D eigenvalue weighted by Crippen LogP contribution is 2.23. The maximum absolute atomic E-state index is 10.8. The van der Waals surface area contributed by atoms with Crippen LogP contribution in [0, 0.1) is 0 Å². The molecule has 0 amide bonds. The lowest BCUT2D eigenvalue weighted by molar-refractivity contribution is -0.136. The number of carboxylic acids is 1. The molecular weight excluding hydrogens is 244 g/mol. The Kier molecular flexibility index (Phi) is 4.07. The average Bonchev–Trinajstić information content (AvgIpc) is 2.40. The molecule has 2 aromatic rings. The van der Waals surface area contributed by atoms with Crippen LogP contribution in [0.5, 0.6) is 5.75 Å². The highest BCUT2D eigenvalue weighted by molar-refractivity contribution is 5.73. The third kappa shape index (κ3) is 3.28. The molecule has 0 unspecified atom stereocenters. The molecule has 0 radical (unpaired) electrons. The summed E-state index contributed by atoms with van der Waals surface area (Å²) in [6, 6.07) is 7.36. The van der Waals surface area contributed by atoms with Crippen molar-refractivity contribution < 1.29 is 14.6 Å². The summed E-state index contributed by atoms with van der Waals surface area (Å²) in [6.45, 7) is 2.52. The van der Waals surface area contributed by atoms with Gasteiger partial charge in [0.1, 0.15) is 5.75 Å².